The van der Waals surface area contributed by atoms with Gasteiger partial charge in [-0.25, -0.2) is 0 Å². The monoisotopic (exact) mass is 313 g/mol. The fourth-order valence-electron chi connectivity index (χ4n) is 2.37. The zero-order valence-electron chi connectivity index (χ0n) is 13.0. The highest BCUT2D eigenvalue weighted by Crippen LogP contribution is 2.23. The SMILES string of the molecule is CCn1nc(C)c(C(=O)Nc2ccc([N+](=O)[O-])cc2C#N)c1C. The van der Waals surface area contributed by atoms with Crippen LogP contribution in [0.4, 0.5) is 11.4 Å². The van der Waals surface area contributed by atoms with E-state index in [1.54, 1.807) is 18.5 Å². The number of rotatable bonds is 4. The number of amides is 1. The highest BCUT2D eigenvalue weighted by Gasteiger charge is 2.20. The van der Waals surface area contributed by atoms with E-state index in [0.717, 1.165) is 11.8 Å². The van der Waals surface area contributed by atoms with Gasteiger partial charge in [0.2, 0.25) is 0 Å². The number of nitrogens with one attached hydrogen (secondary N) is 1. The standard InChI is InChI=1S/C15H15N5O3/c1-4-19-10(3)14(9(2)18-19)15(21)17-13-6-5-12(20(22)23)7-11(13)8-16/h5-7H,4H2,1-3H3,(H,17,21). The maximum Gasteiger partial charge on any atom is 0.270 e. The number of nitro benzene ring substituents is 1. The van der Waals surface area contributed by atoms with Gasteiger partial charge >= 0.3 is 0 Å². The van der Waals surface area contributed by atoms with Crippen molar-refractivity contribution in [2.24, 2.45) is 0 Å². The largest absolute Gasteiger partial charge is 0.321 e. The van der Waals surface area contributed by atoms with Gasteiger partial charge in [0.15, 0.2) is 0 Å². The van der Waals surface area contributed by atoms with Crippen molar-refractivity contribution in [1.29, 1.82) is 5.26 Å². The maximum atomic E-state index is 12.5. The molecular formula is C15H15N5O3. The van der Waals surface area contributed by atoms with E-state index in [4.69, 9.17) is 5.26 Å². The lowest BCUT2D eigenvalue weighted by molar-refractivity contribution is -0.384. The Bertz CT molecular complexity index is 832. The van der Waals surface area contributed by atoms with Crippen LogP contribution in [-0.2, 0) is 6.54 Å². The summed E-state index contributed by atoms with van der Waals surface area (Å²) in [6.45, 7) is 6.08. The zero-order valence-corrected chi connectivity index (χ0v) is 13.0. The fourth-order valence-corrected chi connectivity index (χ4v) is 2.37. The second-order valence-corrected chi connectivity index (χ2v) is 4.91. The molecule has 0 bridgehead atoms. The first-order valence-electron chi connectivity index (χ1n) is 6.93. The maximum absolute atomic E-state index is 12.5. The third kappa shape index (κ3) is 3.03. The van der Waals surface area contributed by atoms with Crippen LogP contribution in [0.1, 0.15) is 34.2 Å². The minimum atomic E-state index is -0.591. The quantitative estimate of drug-likeness (QED) is 0.688. The average Bonchev–Trinajstić information content (AvgIpc) is 2.81. The summed E-state index contributed by atoms with van der Waals surface area (Å²) in [5, 5.41) is 26.8. The van der Waals surface area contributed by atoms with Crippen molar-refractivity contribution in [2.45, 2.75) is 27.3 Å². The molecule has 0 spiro atoms. The van der Waals surface area contributed by atoms with Crippen molar-refractivity contribution in [3.8, 4) is 6.07 Å². The van der Waals surface area contributed by atoms with E-state index in [9.17, 15) is 14.9 Å². The lowest BCUT2D eigenvalue weighted by Gasteiger charge is -2.07. The molecule has 0 aliphatic carbocycles. The van der Waals surface area contributed by atoms with Crippen LogP contribution >= 0.6 is 0 Å². The van der Waals surface area contributed by atoms with Gasteiger partial charge in [-0.05, 0) is 26.8 Å². The Morgan fingerprint density at radius 3 is 2.70 bits per heavy atom. The van der Waals surface area contributed by atoms with Gasteiger partial charge in [-0.2, -0.15) is 10.4 Å². The average molecular weight is 313 g/mol. The molecule has 0 atom stereocenters. The smallest absolute Gasteiger partial charge is 0.270 e. The van der Waals surface area contributed by atoms with Gasteiger partial charge < -0.3 is 5.32 Å². The predicted octanol–water partition coefficient (Wildman–Crippen LogP) is 2.55. The molecule has 1 aromatic carbocycles. The number of carbonyl (C=O) groups excluding carboxylic acids is 1. The molecule has 0 saturated carbocycles. The first-order chi connectivity index (χ1) is 10.9. The topological polar surface area (TPSA) is 114 Å². The molecule has 1 aromatic heterocycles. The van der Waals surface area contributed by atoms with Crippen LogP contribution in [0, 0.1) is 35.3 Å². The van der Waals surface area contributed by atoms with Gasteiger partial charge in [-0.15, -0.1) is 0 Å². The summed E-state index contributed by atoms with van der Waals surface area (Å²) >= 11 is 0. The van der Waals surface area contributed by atoms with E-state index in [0.29, 0.717) is 17.8 Å². The Balaban J connectivity index is 2.36. The number of nitrogens with zero attached hydrogens (tertiary/aromatic N) is 4. The summed E-state index contributed by atoms with van der Waals surface area (Å²) in [7, 11) is 0. The molecule has 0 radical (unpaired) electrons. The second kappa shape index (κ2) is 6.27. The number of nitriles is 1. The molecule has 118 valence electrons. The van der Waals surface area contributed by atoms with Crippen molar-refractivity contribution >= 4 is 17.3 Å². The van der Waals surface area contributed by atoms with Crippen LogP contribution in [0.25, 0.3) is 0 Å². The summed E-state index contributed by atoms with van der Waals surface area (Å²) in [5.74, 6) is -0.398. The number of anilines is 1. The van der Waals surface area contributed by atoms with Crippen molar-refractivity contribution in [3.05, 3.63) is 50.8 Å². The number of benzene rings is 1. The minimum absolute atomic E-state index is 0.0331. The minimum Gasteiger partial charge on any atom is -0.321 e. The molecule has 0 saturated heterocycles. The number of aryl methyl sites for hydroxylation is 2. The number of carbonyl (C=O) groups is 1. The fraction of sp³-hybridized carbons (Fsp3) is 0.267. The third-order valence-electron chi connectivity index (χ3n) is 3.49. The number of hydrogen-bond acceptors (Lipinski definition) is 5. The van der Waals surface area contributed by atoms with Crippen LogP contribution in [0.2, 0.25) is 0 Å². The molecule has 1 N–H and O–H groups in total. The number of nitro groups is 1. The Hall–Kier alpha value is -3.21. The van der Waals surface area contributed by atoms with Crippen LogP contribution < -0.4 is 5.32 Å². The van der Waals surface area contributed by atoms with Gasteiger partial charge in [-0.1, -0.05) is 0 Å². The molecule has 0 aliphatic rings. The van der Waals surface area contributed by atoms with Crippen molar-refractivity contribution in [3.63, 3.8) is 0 Å². The Labute approximate surface area is 132 Å². The van der Waals surface area contributed by atoms with Crippen LogP contribution in [0.5, 0.6) is 0 Å². The van der Waals surface area contributed by atoms with E-state index >= 15 is 0 Å². The summed E-state index contributed by atoms with van der Waals surface area (Å²) in [5.41, 5.74) is 1.81. The Morgan fingerprint density at radius 1 is 1.48 bits per heavy atom. The van der Waals surface area contributed by atoms with Crippen LogP contribution in [0.15, 0.2) is 18.2 Å². The van der Waals surface area contributed by atoms with E-state index in [1.807, 2.05) is 13.0 Å². The summed E-state index contributed by atoms with van der Waals surface area (Å²) in [6.07, 6.45) is 0. The Morgan fingerprint density at radius 2 is 2.17 bits per heavy atom. The molecule has 8 heteroatoms. The van der Waals surface area contributed by atoms with Crippen molar-refractivity contribution in [1.82, 2.24) is 9.78 Å². The number of hydrogen-bond donors (Lipinski definition) is 1. The lowest BCUT2D eigenvalue weighted by atomic mass is 10.1. The molecule has 1 amide bonds. The van der Waals surface area contributed by atoms with E-state index in [1.165, 1.54) is 12.1 Å². The van der Waals surface area contributed by atoms with Gasteiger partial charge in [-0.3, -0.25) is 19.6 Å². The molecule has 8 nitrogen and oxygen atoms in total. The zero-order chi connectivity index (χ0) is 17.1. The van der Waals surface area contributed by atoms with Gasteiger partial charge in [0.1, 0.15) is 6.07 Å². The lowest BCUT2D eigenvalue weighted by Crippen LogP contribution is -2.15. The van der Waals surface area contributed by atoms with E-state index in [-0.39, 0.29) is 16.9 Å². The summed E-state index contributed by atoms with van der Waals surface area (Å²) in [4.78, 5) is 22.6. The molecule has 0 unspecified atom stereocenters. The number of aromatic nitrogens is 2. The highest BCUT2D eigenvalue weighted by molar-refractivity contribution is 6.06. The van der Waals surface area contributed by atoms with E-state index < -0.39 is 10.8 Å². The first kappa shape index (κ1) is 16.2. The summed E-state index contributed by atoms with van der Waals surface area (Å²) < 4.78 is 1.71. The van der Waals surface area contributed by atoms with Gasteiger partial charge in [0.05, 0.1) is 27.4 Å². The third-order valence-corrected chi connectivity index (χ3v) is 3.49. The van der Waals surface area contributed by atoms with Crippen LogP contribution in [-0.4, -0.2) is 20.6 Å². The molecule has 0 aliphatic heterocycles. The molecule has 23 heavy (non-hydrogen) atoms. The van der Waals surface area contributed by atoms with Gasteiger partial charge in [0.25, 0.3) is 11.6 Å². The molecule has 2 rings (SSSR count). The molecule has 0 fully saturated rings. The molecule has 2 aromatic rings. The van der Waals surface area contributed by atoms with Crippen LogP contribution in [0.3, 0.4) is 0 Å². The van der Waals surface area contributed by atoms with E-state index in [2.05, 4.69) is 10.4 Å². The Kier molecular flexibility index (Phi) is 4.41. The summed E-state index contributed by atoms with van der Waals surface area (Å²) in [6, 6.07) is 5.58. The molecule has 1 heterocycles. The normalized spacial score (nSPS) is 10.2. The molecular weight excluding hydrogens is 298 g/mol. The van der Waals surface area contributed by atoms with Gasteiger partial charge in [0, 0.05) is 24.4 Å². The highest BCUT2D eigenvalue weighted by atomic mass is 16.6. The van der Waals surface area contributed by atoms with Crippen molar-refractivity contribution < 1.29 is 9.72 Å². The van der Waals surface area contributed by atoms with Crippen molar-refractivity contribution in [2.75, 3.05) is 5.32 Å². The first-order valence-corrected chi connectivity index (χ1v) is 6.93. The predicted molar refractivity (Wildman–Crippen MR) is 83.1 cm³/mol. The number of non-ortho nitro benzene ring substituents is 1. The second-order valence-electron chi connectivity index (χ2n) is 4.91.